The summed E-state index contributed by atoms with van der Waals surface area (Å²) in [7, 11) is -1.65. The molecule has 8 nitrogen and oxygen atoms in total. The van der Waals surface area contributed by atoms with Crippen molar-refractivity contribution in [1.29, 1.82) is 0 Å². The third-order valence-electron chi connectivity index (χ3n) is 4.11. The largest absolute Gasteiger partial charge is 0.370 e. The normalized spacial score (nSPS) is 21.8. The number of aromatic nitrogens is 4. The van der Waals surface area contributed by atoms with Gasteiger partial charge in [0, 0.05) is 51.3 Å². The summed E-state index contributed by atoms with van der Waals surface area (Å²) in [5.41, 5.74) is 0. The van der Waals surface area contributed by atoms with E-state index in [1.165, 1.54) is 12.4 Å². The zero-order chi connectivity index (χ0) is 16.4. The molecule has 2 aromatic rings. The monoisotopic (exact) mass is 339 g/mol. The van der Waals surface area contributed by atoms with Crippen LogP contribution in [0.2, 0.25) is 0 Å². The zero-order valence-electron chi connectivity index (χ0n) is 13.2. The number of hydrogen-bond donors (Lipinski definition) is 1. The Morgan fingerprint density at radius 3 is 2.96 bits per heavy atom. The van der Waals surface area contributed by atoms with Crippen LogP contribution < -0.4 is 4.72 Å². The fraction of sp³-hybridized carbons (Fsp3) is 0.571. The van der Waals surface area contributed by atoms with Crippen molar-refractivity contribution in [3.63, 3.8) is 0 Å². The lowest BCUT2D eigenvalue weighted by Gasteiger charge is -2.18. The van der Waals surface area contributed by atoms with Gasteiger partial charge in [0.25, 0.3) is 0 Å². The van der Waals surface area contributed by atoms with Crippen LogP contribution in [-0.2, 0) is 28.4 Å². The molecule has 1 saturated heterocycles. The zero-order valence-corrected chi connectivity index (χ0v) is 14.0. The van der Waals surface area contributed by atoms with Gasteiger partial charge < -0.3 is 9.30 Å². The Balaban J connectivity index is 1.68. The SMILES string of the molecule is CCn1cc(S(=O)(=O)NC[C@@H]2CCO[C@H]2c2nccn2C)cn1. The van der Waals surface area contributed by atoms with Gasteiger partial charge in [-0.3, -0.25) is 4.68 Å². The minimum absolute atomic E-state index is 0.0621. The second kappa shape index (κ2) is 6.42. The van der Waals surface area contributed by atoms with Gasteiger partial charge in [-0.05, 0) is 13.3 Å². The van der Waals surface area contributed by atoms with Gasteiger partial charge in [-0.2, -0.15) is 5.10 Å². The Hall–Kier alpha value is -1.71. The van der Waals surface area contributed by atoms with E-state index < -0.39 is 10.0 Å². The van der Waals surface area contributed by atoms with E-state index in [0.29, 0.717) is 19.7 Å². The predicted molar refractivity (Wildman–Crippen MR) is 83.1 cm³/mol. The summed E-state index contributed by atoms with van der Waals surface area (Å²) >= 11 is 0. The summed E-state index contributed by atoms with van der Waals surface area (Å²) in [5.74, 6) is 0.887. The van der Waals surface area contributed by atoms with Crippen LogP contribution in [0.5, 0.6) is 0 Å². The maximum absolute atomic E-state index is 12.4. The first-order valence-corrected chi connectivity index (χ1v) is 9.10. The van der Waals surface area contributed by atoms with Gasteiger partial charge in [0.05, 0.1) is 6.20 Å². The van der Waals surface area contributed by atoms with Crippen molar-refractivity contribution in [2.24, 2.45) is 13.0 Å². The summed E-state index contributed by atoms with van der Waals surface area (Å²) in [6, 6.07) is 0. The molecule has 23 heavy (non-hydrogen) atoms. The van der Waals surface area contributed by atoms with Crippen LogP contribution in [0.15, 0.2) is 29.7 Å². The van der Waals surface area contributed by atoms with Crippen molar-refractivity contribution in [3.8, 4) is 0 Å². The quantitative estimate of drug-likeness (QED) is 0.836. The first-order chi connectivity index (χ1) is 11.0. The molecule has 3 rings (SSSR count). The Kier molecular flexibility index (Phi) is 4.51. The molecule has 1 aliphatic heterocycles. The van der Waals surface area contributed by atoms with E-state index in [2.05, 4.69) is 14.8 Å². The van der Waals surface area contributed by atoms with Gasteiger partial charge in [-0.1, -0.05) is 0 Å². The summed E-state index contributed by atoms with van der Waals surface area (Å²) in [4.78, 5) is 4.50. The standard InChI is InChI=1S/C14H21N5O3S/c1-3-19-10-12(9-16-19)23(20,21)17-8-11-4-7-22-13(11)14-15-5-6-18(14)2/h5-6,9-11,13,17H,3-4,7-8H2,1-2H3/t11-,13+/m0/s1. The second-order valence-corrected chi connectivity index (χ2v) is 7.39. The molecule has 0 bridgehead atoms. The predicted octanol–water partition coefficient (Wildman–Crippen LogP) is 0.693. The van der Waals surface area contributed by atoms with Crippen LogP contribution in [-0.4, -0.2) is 40.9 Å². The average Bonchev–Trinajstić information content (AvgIpc) is 3.25. The number of hydrogen-bond acceptors (Lipinski definition) is 5. The lowest BCUT2D eigenvalue weighted by atomic mass is 10.0. The van der Waals surface area contributed by atoms with Crippen molar-refractivity contribution in [2.75, 3.05) is 13.2 Å². The minimum atomic E-state index is -3.56. The number of nitrogens with zero attached hydrogens (tertiary/aromatic N) is 4. The van der Waals surface area contributed by atoms with Crippen LogP contribution in [0.4, 0.5) is 0 Å². The van der Waals surface area contributed by atoms with Gasteiger partial charge >= 0.3 is 0 Å². The molecule has 0 radical (unpaired) electrons. The third kappa shape index (κ3) is 3.31. The first kappa shape index (κ1) is 16.2. The molecule has 2 aromatic heterocycles. The number of aryl methyl sites for hydroxylation is 2. The fourth-order valence-corrected chi connectivity index (χ4v) is 3.78. The Bertz CT molecular complexity index is 767. The molecular weight excluding hydrogens is 318 g/mol. The number of imidazole rings is 1. The van der Waals surface area contributed by atoms with Crippen molar-refractivity contribution >= 4 is 10.0 Å². The summed E-state index contributed by atoms with van der Waals surface area (Å²) < 4.78 is 36.6. The van der Waals surface area contributed by atoms with E-state index in [4.69, 9.17) is 4.74 Å². The highest BCUT2D eigenvalue weighted by atomic mass is 32.2. The average molecular weight is 339 g/mol. The van der Waals surface area contributed by atoms with Crippen LogP contribution >= 0.6 is 0 Å². The van der Waals surface area contributed by atoms with Gasteiger partial charge in [0.15, 0.2) is 0 Å². The lowest BCUT2D eigenvalue weighted by Crippen LogP contribution is -2.31. The van der Waals surface area contributed by atoms with Gasteiger partial charge in [0.2, 0.25) is 10.0 Å². The van der Waals surface area contributed by atoms with E-state index in [0.717, 1.165) is 12.2 Å². The molecule has 0 unspecified atom stereocenters. The molecule has 1 N–H and O–H groups in total. The van der Waals surface area contributed by atoms with Crippen molar-refractivity contribution in [3.05, 3.63) is 30.6 Å². The Labute approximate surface area is 135 Å². The topological polar surface area (TPSA) is 91.0 Å². The fourth-order valence-electron chi connectivity index (χ4n) is 2.74. The summed E-state index contributed by atoms with van der Waals surface area (Å²) in [6.07, 6.45) is 7.09. The van der Waals surface area contributed by atoms with Crippen LogP contribution in [0.1, 0.15) is 25.3 Å². The molecule has 0 aromatic carbocycles. The smallest absolute Gasteiger partial charge is 0.243 e. The third-order valence-corrected chi connectivity index (χ3v) is 5.48. The highest BCUT2D eigenvalue weighted by molar-refractivity contribution is 7.89. The molecular formula is C14H21N5O3S. The molecule has 3 heterocycles. The van der Waals surface area contributed by atoms with Gasteiger partial charge in [-0.25, -0.2) is 18.1 Å². The van der Waals surface area contributed by atoms with E-state index >= 15 is 0 Å². The molecule has 126 valence electrons. The molecule has 1 fully saturated rings. The molecule has 1 aliphatic rings. The van der Waals surface area contributed by atoms with Gasteiger partial charge in [-0.15, -0.1) is 0 Å². The molecule has 0 amide bonds. The first-order valence-electron chi connectivity index (χ1n) is 7.62. The molecule has 0 aliphatic carbocycles. The van der Waals surface area contributed by atoms with Crippen LogP contribution in [0.3, 0.4) is 0 Å². The number of nitrogens with one attached hydrogen (secondary N) is 1. The van der Waals surface area contributed by atoms with E-state index in [1.807, 2.05) is 24.7 Å². The van der Waals surface area contributed by atoms with E-state index in [1.54, 1.807) is 10.9 Å². The van der Waals surface area contributed by atoms with Crippen molar-refractivity contribution in [2.45, 2.75) is 30.9 Å². The van der Waals surface area contributed by atoms with Crippen LogP contribution in [0, 0.1) is 5.92 Å². The van der Waals surface area contributed by atoms with Gasteiger partial charge in [0.1, 0.15) is 16.8 Å². The highest BCUT2D eigenvalue weighted by Gasteiger charge is 2.33. The Morgan fingerprint density at radius 1 is 1.48 bits per heavy atom. The minimum Gasteiger partial charge on any atom is -0.370 e. The number of rotatable bonds is 6. The van der Waals surface area contributed by atoms with Crippen molar-refractivity contribution < 1.29 is 13.2 Å². The van der Waals surface area contributed by atoms with E-state index in [-0.39, 0.29) is 16.9 Å². The van der Waals surface area contributed by atoms with E-state index in [9.17, 15) is 8.42 Å². The highest BCUT2D eigenvalue weighted by Crippen LogP contribution is 2.33. The molecule has 9 heteroatoms. The summed E-state index contributed by atoms with van der Waals surface area (Å²) in [6.45, 7) is 3.46. The molecule has 2 atom stereocenters. The summed E-state index contributed by atoms with van der Waals surface area (Å²) in [5, 5.41) is 4.01. The maximum Gasteiger partial charge on any atom is 0.243 e. The van der Waals surface area contributed by atoms with Crippen LogP contribution in [0.25, 0.3) is 0 Å². The molecule has 0 spiro atoms. The Morgan fingerprint density at radius 2 is 2.30 bits per heavy atom. The number of ether oxygens (including phenoxy) is 1. The second-order valence-electron chi connectivity index (χ2n) is 5.62. The molecule has 0 saturated carbocycles. The maximum atomic E-state index is 12.4. The lowest BCUT2D eigenvalue weighted by molar-refractivity contribution is 0.0823. The number of sulfonamides is 1. The van der Waals surface area contributed by atoms with Crippen molar-refractivity contribution in [1.82, 2.24) is 24.1 Å².